The first kappa shape index (κ1) is 8.96. The van der Waals surface area contributed by atoms with Crippen LogP contribution in [0.1, 0.15) is 0 Å². The van der Waals surface area contributed by atoms with Crippen LogP contribution in [-0.4, -0.2) is 17.7 Å². The minimum Gasteiger partial charge on any atom is -0.302 e. The molecule has 0 amide bonds. The molecule has 1 aromatic rings. The summed E-state index contributed by atoms with van der Waals surface area (Å²) in [5.74, 6) is 0. The van der Waals surface area contributed by atoms with Gasteiger partial charge in [-0.05, 0) is 12.1 Å². The van der Waals surface area contributed by atoms with E-state index in [9.17, 15) is 0 Å². The number of nitrogens with zero attached hydrogens (tertiary/aromatic N) is 1. The number of rotatable bonds is 4. The van der Waals surface area contributed by atoms with Gasteiger partial charge >= 0.3 is 0 Å². The highest BCUT2D eigenvalue weighted by atomic mass is 32.1. The third-order valence-electron chi connectivity index (χ3n) is 1.32. The van der Waals surface area contributed by atoms with E-state index >= 15 is 0 Å². The van der Waals surface area contributed by atoms with Gasteiger partial charge in [0, 0.05) is 7.05 Å². The summed E-state index contributed by atoms with van der Waals surface area (Å²) >= 11 is 4.63. The van der Waals surface area contributed by atoms with Crippen molar-refractivity contribution in [3.8, 4) is 0 Å². The number of benzene rings is 1. The maximum atomic E-state index is 4.63. The van der Waals surface area contributed by atoms with Crippen LogP contribution in [0.2, 0.25) is 0 Å². The summed E-state index contributed by atoms with van der Waals surface area (Å²) in [6, 6.07) is 9.85. The van der Waals surface area contributed by atoms with Gasteiger partial charge < -0.3 is 5.43 Å². The summed E-state index contributed by atoms with van der Waals surface area (Å²) in [5, 5.41) is 1.68. The van der Waals surface area contributed by atoms with E-state index in [0.717, 1.165) is 5.69 Å². The van der Waals surface area contributed by atoms with Crippen LogP contribution in [0.25, 0.3) is 0 Å². The number of thiocarbonyl (C=S) groups is 1. The van der Waals surface area contributed by atoms with E-state index < -0.39 is 0 Å². The third kappa shape index (κ3) is 2.86. The van der Waals surface area contributed by atoms with Crippen molar-refractivity contribution in [1.82, 2.24) is 10.5 Å². The number of nitrogens with one attached hydrogen (secondary N) is 2. The Morgan fingerprint density at radius 2 is 2.00 bits per heavy atom. The van der Waals surface area contributed by atoms with Gasteiger partial charge in [0.1, 0.15) is 0 Å². The molecule has 2 N–H and O–H groups in total. The van der Waals surface area contributed by atoms with Gasteiger partial charge in [-0.25, -0.2) is 0 Å². The van der Waals surface area contributed by atoms with Gasteiger partial charge in [0.05, 0.1) is 11.2 Å². The molecule has 0 aliphatic rings. The second kappa shape index (κ2) is 4.69. The molecule has 0 aliphatic heterocycles. The van der Waals surface area contributed by atoms with Crippen LogP contribution >= 0.6 is 12.2 Å². The van der Waals surface area contributed by atoms with Crippen LogP contribution in [0, 0.1) is 0 Å². The number of hydrogen-bond acceptors (Lipinski definition) is 3. The molecule has 0 fully saturated rings. The zero-order chi connectivity index (χ0) is 8.81. The SMILES string of the molecule is CN(NC=S)Nc1ccccc1. The lowest BCUT2D eigenvalue weighted by Gasteiger charge is -2.17. The molecule has 0 radical (unpaired) electrons. The van der Waals surface area contributed by atoms with Crippen molar-refractivity contribution in [2.24, 2.45) is 0 Å². The molecule has 0 bridgehead atoms. The van der Waals surface area contributed by atoms with Gasteiger partial charge in [0.15, 0.2) is 0 Å². The van der Waals surface area contributed by atoms with Crippen LogP contribution in [0.15, 0.2) is 30.3 Å². The van der Waals surface area contributed by atoms with Gasteiger partial charge in [0.2, 0.25) is 0 Å². The van der Waals surface area contributed by atoms with Crippen molar-refractivity contribution >= 4 is 23.4 Å². The Hall–Kier alpha value is -1.13. The Bertz CT molecular complexity index is 237. The molecule has 64 valence electrons. The molecular weight excluding hydrogens is 170 g/mol. The summed E-state index contributed by atoms with van der Waals surface area (Å²) < 4.78 is 0. The number of anilines is 1. The van der Waals surface area contributed by atoms with Crippen LogP contribution in [0.4, 0.5) is 5.69 Å². The quantitative estimate of drug-likeness (QED) is 0.542. The summed E-state index contributed by atoms with van der Waals surface area (Å²) in [7, 11) is 1.84. The fraction of sp³-hybridized carbons (Fsp3) is 0.125. The Morgan fingerprint density at radius 1 is 1.33 bits per heavy atom. The summed E-state index contributed by atoms with van der Waals surface area (Å²) in [6.07, 6.45) is 0. The molecule has 1 rings (SSSR count). The molecule has 4 heteroatoms. The average Bonchev–Trinajstić information content (AvgIpc) is 2.06. The summed E-state index contributed by atoms with van der Waals surface area (Å²) in [5.41, 5.74) is 8.33. The first-order valence-electron chi connectivity index (χ1n) is 3.58. The zero-order valence-electron chi connectivity index (χ0n) is 6.82. The maximum absolute atomic E-state index is 4.63. The van der Waals surface area contributed by atoms with Crippen LogP contribution < -0.4 is 10.9 Å². The molecule has 0 unspecified atom stereocenters. The van der Waals surface area contributed by atoms with E-state index in [-0.39, 0.29) is 0 Å². The van der Waals surface area contributed by atoms with Gasteiger partial charge in [-0.15, -0.1) is 5.12 Å². The summed E-state index contributed by atoms with van der Waals surface area (Å²) in [6.45, 7) is 0. The molecule has 1 aromatic carbocycles. The molecule has 0 saturated heterocycles. The topological polar surface area (TPSA) is 27.3 Å². The minimum absolute atomic E-state index is 1.02. The van der Waals surface area contributed by atoms with Gasteiger partial charge in [-0.2, -0.15) is 0 Å². The van der Waals surface area contributed by atoms with Crippen molar-refractivity contribution in [2.45, 2.75) is 0 Å². The Morgan fingerprint density at radius 3 is 2.58 bits per heavy atom. The second-order valence-corrected chi connectivity index (χ2v) is 2.52. The molecule has 12 heavy (non-hydrogen) atoms. The zero-order valence-corrected chi connectivity index (χ0v) is 7.64. The molecule has 3 nitrogen and oxygen atoms in total. The lowest BCUT2D eigenvalue weighted by atomic mass is 10.3. The van der Waals surface area contributed by atoms with Crippen LogP contribution in [0.3, 0.4) is 0 Å². The van der Waals surface area contributed by atoms with E-state index in [1.165, 1.54) is 5.49 Å². The highest BCUT2D eigenvalue weighted by Crippen LogP contribution is 2.03. The predicted molar refractivity (Wildman–Crippen MR) is 54.6 cm³/mol. The highest BCUT2D eigenvalue weighted by molar-refractivity contribution is 7.78. The molecular formula is C8H11N3S. The van der Waals surface area contributed by atoms with Gasteiger partial charge in [0.25, 0.3) is 0 Å². The highest BCUT2D eigenvalue weighted by Gasteiger charge is 1.92. The van der Waals surface area contributed by atoms with E-state index in [1.807, 2.05) is 37.4 Å². The standard InChI is InChI=1S/C8H11N3S/c1-11(9-7-12)10-8-5-3-2-4-6-8/h2-7,10H,1H3,(H,9,12). The van der Waals surface area contributed by atoms with Crippen molar-refractivity contribution < 1.29 is 0 Å². The van der Waals surface area contributed by atoms with Crippen LogP contribution in [0.5, 0.6) is 0 Å². The minimum atomic E-state index is 1.02. The number of para-hydroxylation sites is 1. The normalized spacial score (nSPS) is 9.50. The molecule has 0 spiro atoms. The van der Waals surface area contributed by atoms with Crippen molar-refractivity contribution in [3.05, 3.63) is 30.3 Å². The second-order valence-electron chi connectivity index (χ2n) is 2.28. The first-order chi connectivity index (χ1) is 5.83. The van der Waals surface area contributed by atoms with Gasteiger partial charge in [-0.3, -0.25) is 5.43 Å². The number of hydrazine groups is 2. The maximum Gasteiger partial charge on any atom is 0.0775 e. The largest absolute Gasteiger partial charge is 0.302 e. The fourth-order valence-electron chi connectivity index (χ4n) is 0.818. The predicted octanol–water partition coefficient (Wildman–Crippen LogP) is 1.41. The van der Waals surface area contributed by atoms with E-state index in [0.29, 0.717) is 0 Å². The van der Waals surface area contributed by atoms with Crippen molar-refractivity contribution in [3.63, 3.8) is 0 Å². The van der Waals surface area contributed by atoms with E-state index in [4.69, 9.17) is 0 Å². The molecule has 0 aromatic heterocycles. The molecule has 0 aliphatic carbocycles. The van der Waals surface area contributed by atoms with Crippen molar-refractivity contribution in [2.75, 3.05) is 12.5 Å². The summed E-state index contributed by atoms with van der Waals surface area (Å²) in [4.78, 5) is 0. The van der Waals surface area contributed by atoms with Gasteiger partial charge in [-0.1, -0.05) is 30.4 Å². The Kier molecular flexibility index (Phi) is 3.50. The monoisotopic (exact) mass is 181 g/mol. The fourth-order valence-corrected chi connectivity index (χ4v) is 0.976. The van der Waals surface area contributed by atoms with Crippen LogP contribution in [-0.2, 0) is 0 Å². The van der Waals surface area contributed by atoms with Crippen molar-refractivity contribution in [1.29, 1.82) is 0 Å². The molecule has 0 atom stereocenters. The molecule has 0 saturated carbocycles. The first-order valence-corrected chi connectivity index (χ1v) is 4.05. The Balaban J connectivity index is 2.46. The Labute approximate surface area is 77.3 Å². The number of hydrogen-bond donors (Lipinski definition) is 2. The smallest absolute Gasteiger partial charge is 0.0775 e. The molecule has 0 heterocycles. The lowest BCUT2D eigenvalue weighted by Crippen LogP contribution is -2.37. The van der Waals surface area contributed by atoms with E-state index in [1.54, 1.807) is 5.12 Å². The lowest BCUT2D eigenvalue weighted by molar-refractivity contribution is 0.363. The third-order valence-corrected chi connectivity index (χ3v) is 1.42. The van der Waals surface area contributed by atoms with E-state index in [2.05, 4.69) is 23.1 Å². The average molecular weight is 181 g/mol.